The summed E-state index contributed by atoms with van der Waals surface area (Å²) in [5.41, 5.74) is 0.570. The summed E-state index contributed by atoms with van der Waals surface area (Å²) < 4.78 is 73.6. The Morgan fingerprint density at radius 1 is 1.17 bits per heavy atom. The summed E-state index contributed by atoms with van der Waals surface area (Å²) in [5.74, 6) is -2.37. The Morgan fingerprint density at radius 2 is 1.83 bits per heavy atom. The number of carbonyl (C=O) groups excluding carboxylic acids is 2. The summed E-state index contributed by atoms with van der Waals surface area (Å²) in [5, 5.41) is 20.0. The Morgan fingerprint density at radius 3 is 2.45 bits per heavy atom. The number of nitrogens with zero attached hydrogens (tertiary/aromatic N) is 5. The summed E-state index contributed by atoms with van der Waals surface area (Å²) in [6.45, 7) is 2.30. The van der Waals surface area contributed by atoms with Crippen LogP contribution in [0.1, 0.15) is 24.6 Å². The van der Waals surface area contributed by atoms with Crippen molar-refractivity contribution in [2.45, 2.75) is 31.3 Å². The van der Waals surface area contributed by atoms with Crippen molar-refractivity contribution in [3.63, 3.8) is 0 Å². The molecule has 2 aromatic carbocycles. The first-order valence-corrected chi connectivity index (χ1v) is 13.8. The zero-order chi connectivity index (χ0) is 30.7. The molecule has 1 saturated heterocycles. The second-order valence-corrected chi connectivity index (χ2v) is 11.0. The molecule has 17 heteroatoms. The molecule has 1 aliphatic rings. The van der Waals surface area contributed by atoms with E-state index in [0.29, 0.717) is 5.56 Å². The highest BCUT2D eigenvalue weighted by molar-refractivity contribution is 7.90. The van der Waals surface area contributed by atoms with Gasteiger partial charge in [-0.25, -0.2) is 17.8 Å². The Labute approximate surface area is 237 Å². The van der Waals surface area contributed by atoms with E-state index in [1.165, 1.54) is 12.1 Å². The van der Waals surface area contributed by atoms with Gasteiger partial charge in [-0.05, 0) is 43.7 Å². The number of halogens is 3. The van der Waals surface area contributed by atoms with Gasteiger partial charge in [0.25, 0.3) is 16.8 Å². The number of benzene rings is 2. The van der Waals surface area contributed by atoms with E-state index < -0.39 is 46.5 Å². The number of hydrogen-bond donors (Lipinski definition) is 1. The predicted octanol–water partition coefficient (Wildman–Crippen LogP) is 3.32. The number of rotatable bonds is 9. The number of aryl methyl sites for hydroxylation is 1. The van der Waals surface area contributed by atoms with Gasteiger partial charge in [-0.3, -0.25) is 9.59 Å². The molecule has 4 rings (SSSR count). The fourth-order valence-electron chi connectivity index (χ4n) is 4.03. The van der Waals surface area contributed by atoms with Gasteiger partial charge in [-0.2, -0.15) is 18.3 Å². The topological polar surface area (TPSA) is 158 Å². The first kappa shape index (κ1) is 30.3. The smallest absolute Gasteiger partial charge is 0.435 e. The molecule has 1 aromatic heterocycles. The van der Waals surface area contributed by atoms with Crippen LogP contribution in [0.5, 0.6) is 0 Å². The van der Waals surface area contributed by atoms with E-state index in [1.54, 1.807) is 24.3 Å². The number of aromatic nitrogens is 2. The number of hydrazine groups is 1. The first-order valence-electron chi connectivity index (χ1n) is 12.3. The van der Waals surface area contributed by atoms with Crippen molar-refractivity contribution in [1.29, 1.82) is 0 Å². The Bertz CT molecular complexity index is 1590. The average molecular weight is 611 g/mol. The molecule has 1 unspecified atom stereocenters. The van der Waals surface area contributed by atoms with Crippen molar-refractivity contribution >= 4 is 21.9 Å². The van der Waals surface area contributed by atoms with Gasteiger partial charge in [0.15, 0.2) is 5.69 Å². The molecule has 224 valence electrons. The van der Waals surface area contributed by atoms with Crippen LogP contribution in [0.15, 0.2) is 64.8 Å². The van der Waals surface area contributed by atoms with Crippen LogP contribution in [-0.2, 0) is 35.4 Å². The van der Waals surface area contributed by atoms with E-state index in [-0.39, 0.29) is 40.8 Å². The molecular weight excluding hydrogens is 585 g/mol. The quantitative estimate of drug-likeness (QED) is 0.0958. The highest BCUT2D eigenvalue weighted by Crippen LogP contribution is 2.33. The van der Waals surface area contributed by atoms with Crippen LogP contribution in [0.3, 0.4) is 0 Å². The molecule has 1 aliphatic heterocycles. The third-order valence-corrected chi connectivity index (χ3v) is 7.56. The van der Waals surface area contributed by atoms with Crippen LogP contribution >= 0.6 is 0 Å². The molecular formula is C25H25F3N6O7S. The van der Waals surface area contributed by atoms with Gasteiger partial charge in [0.1, 0.15) is 0 Å². The maximum atomic E-state index is 13.5. The summed E-state index contributed by atoms with van der Waals surface area (Å²) in [6, 6.07) is 12.5. The van der Waals surface area contributed by atoms with Crippen LogP contribution < -0.4 is 4.72 Å². The lowest BCUT2D eigenvalue weighted by molar-refractivity contribution is -0.708. The number of amides is 1. The van der Waals surface area contributed by atoms with E-state index in [1.807, 2.05) is 11.6 Å². The van der Waals surface area contributed by atoms with Crippen LogP contribution in [0.4, 0.5) is 13.2 Å². The Kier molecular flexibility index (Phi) is 8.70. The summed E-state index contributed by atoms with van der Waals surface area (Å²) in [6.07, 6.45) is -4.57. The van der Waals surface area contributed by atoms with Crippen molar-refractivity contribution in [3.8, 4) is 16.9 Å². The minimum absolute atomic E-state index is 0.0638. The molecule has 42 heavy (non-hydrogen) atoms. The molecule has 0 aliphatic carbocycles. The van der Waals surface area contributed by atoms with Gasteiger partial charge in [0, 0.05) is 12.5 Å². The second kappa shape index (κ2) is 12.1. The fourth-order valence-corrected chi connectivity index (χ4v) is 5.08. The highest BCUT2D eigenvalue weighted by Gasteiger charge is 2.36. The van der Waals surface area contributed by atoms with Crippen molar-refractivity contribution < 1.29 is 45.7 Å². The van der Waals surface area contributed by atoms with Crippen molar-refractivity contribution in [2.24, 2.45) is 11.2 Å². The van der Waals surface area contributed by atoms with Gasteiger partial charge < -0.3 is 14.8 Å². The van der Waals surface area contributed by atoms with Crippen LogP contribution in [0.25, 0.3) is 16.9 Å². The maximum absolute atomic E-state index is 13.5. The molecule has 1 fully saturated rings. The second-order valence-electron chi connectivity index (χ2n) is 9.27. The zero-order valence-electron chi connectivity index (χ0n) is 22.2. The van der Waals surface area contributed by atoms with Gasteiger partial charge in [0.05, 0.1) is 40.3 Å². The minimum Gasteiger partial charge on any atom is -0.569 e. The standard InChI is InChI=1S/C25H25F3N6O7S/c1-16-3-5-18(6-4-16)22-13-23(25(26,27)28)29-33(22)20-7-9-21(10-8-20)42(38,39)30-24(36)19-11-12-32(14-19)34(37)31-41-15-40-17(2)35/h3-10,13,19H,11-12,14-15H2,1-2H3,(H,30,36)/b34-31-. The highest BCUT2D eigenvalue weighted by atomic mass is 32.2. The molecule has 1 N–H and O–H groups in total. The normalized spacial score (nSPS) is 15.9. The van der Waals surface area contributed by atoms with Crippen molar-refractivity contribution in [3.05, 3.63) is 71.1 Å². The average Bonchev–Trinajstić information content (AvgIpc) is 3.60. The summed E-state index contributed by atoms with van der Waals surface area (Å²) >= 11 is 0. The Balaban J connectivity index is 1.46. The minimum atomic E-state index is -4.71. The molecule has 0 saturated carbocycles. The van der Waals surface area contributed by atoms with E-state index >= 15 is 0 Å². The van der Waals surface area contributed by atoms with Crippen LogP contribution in [0.2, 0.25) is 0 Å². The number of nitrogens with one attached hydrogen (secondary N) is 1. The zero-order valence-corrected chi connectivity index (χ0v) is 23.1. The number of hydrogen-bond acceptors (Lipinski definition) is 9. The first-order chi connectivity index (χ1) is 19.7. The largest absolute Gasteiger partial charge is 0.569 e. The predicted molar refractivity (Wildman–Crippen MR) is 138 cm³/mol. The molecule has 0 radical (unpaired) electrons. The van der Waals surface area contributed by atoms with E-state index in [9.17, 15) is 36.4 Å². The number of ether oxygens (including phenoxy) is 1. The molecule has 0 spiro atoms. The monoisotopic (exact) mass is 610 g/mol. The molecule has 0 bridgehead atoms. The Hall–Kier alpha value is -4.67. The third-order valence-electron chi connectivity index (χ3n) is 6.20. The van der Waals surface area contributed by atoms with E-state index in [4.69, 9.17) is 0 Å². The van der Waals surface area contributed by atoms with Gasteiger partial charge >= 0.3 is 12.1 Å². The lowest BCUT2D eigenvalue weighted by Crippen LogP contribution is -2.37. The van der Waals surface area contributed by atoms with Crippen molar-refractivity contribution in [1.82, 2.24) is 19.5 Å². The van der Waals surface area contributed by atoms with Crippen LogP contribution in [-0.4, -0.2) is 59.9 Å². The van der Waals surface area contributed by atoms with Gasteiger partial charge in [0.2, 0.25) is 11.2 Å². The SMILES string of the molecule is CC(=O)OCO/N=[N+](\[O-])N1CCC(C(=O)NS(=O)(=O)c2ccc(-n3nc(C(F)(F)F)cc3-c3ccc(C)cc3)cc2)C1. The summed E-state index contributed by atoms with van der Waals surface area (Å²) in [7, 11) is -4.36. The van der Waals surface area contributed by atoms with Crippen molar-refractivity contribution in [2.75, 3.05) is 19.9 Å². The van der Waals surface area contributed by atoms with E-state index in [0.717, 1.165) is 40.4 Å². The number of carbonyl (C=O) groups is 2. The molecule has 3 aromatic rings. The summed E-state index contributed by atoms with van der Waals surface area (Å²) in [4.78, 5) is 27.7. The lowest BCUT2D eigenvalue weighted by Gasteiger charge is -2.13. The molecule has 13 nitrogen and oxygen atoms in total. The third kappa shape index (κ3) is 7.15. The van der Waals surface area contributed by atoms with Crippen LogP contribution in [0, 0.1) is 18.0 Å². The molecule has 1 amide bonds. The van der Waals surface area contributed by atoms with Gasteiger partial charge in [-0.1, -0.05) is 29.8 Å². The fraction of sp³-hybridized carbons (Fsp3) is 0.320. The molecule has 2 heterocycles. The lowest BCUT2D eigenvalue weighted by atomic mass is 10.1. The molecule has 1 atom stereocenters. The maximum Gasteiger partial charge on any atom is 0.435 e. The number of sulfonamides is 1. The van der Waals surface area contributed by atoms with Gasteiger partial charge in [-0.15, -0.1) is 5.01 Å². The number of alkyl halides is 3. The number of esters is 1. The van der Waals surface area contributed by atoms with E-state index in [2.05, 4.69) is 20.0 Å².